The summed E-state index contributed by atoms with van der Waals surface area (Å²) < 4.78 is 2.19. The normalized spacial score (nSPS) is 14.5. The van der Waals surface area contributed by atoms with Crippen molar-refractivity contribution in [3.05, 3.63) is 96.2 Å². The van der Waals surface area contributed by atoms with Crippen LogP contribution in [0.3, 0.4) is 0 Å². The second-order valence-electron chi connectivity index (χ2n) is 8.42. The second-order valence-corrected chi connectivity index (χ2v) is 8.42. The molecule has 0 unspecified atom stereocenters. The molecular formula is C27H21N3. The molecule has 0 N–H and O–H groups in total. The highest BCUT2D eigenvalue weighted by molar-refractivity contribution is 6.09. The van der Waals surface area contributed by atoms with Crippen molar-refractivity contribution in [2.45, 2.75) is 19.3 Å². The Kier molecular flexibility index (Phi) is 3.51. The van der Waals surface area contributed by atoms with Gasteiger partial charge < -0.3 is 0 Å². The first-order valence-corrected chi connectivity index (χ1v) is 10.3. The van der Waals surface area contributed by atoms with Crippen LogP contribution in [0.25, 0.3) is 45.1 Å². The van der Waals surface area contributed by atoms with Crippen molar-refractivity contribution in [3.8, 4) is 17.2 Å². The Hall–Kier alpha value is -3.72. The lowest BCUT2D eigenvalue weighted by atomic mass is 9.85. The van der Waals surface area contributed by atoms with Gasteiger partial charge in [-0.25, -0.2) is 9.97 Å². The van der Waals surface area contributed by atoms with E-state index in [2.05, 4.69) is 103 Å². The molecule has 0 saturated carbocycles. The third-order valence-corrected chi connectivity index (χ3v) is 6.05. The zero-order valence-corrected chi connectivity index (χ0v) is 17.0. The molecule has 144 valence electrons. The SMILES string of the molecule is CC1(C)C=Cc2nc(-n3c4ccccc4c4ccccc43)nc(-c3ccccc3)c21. The van der Waals surface area contributed by atoms with E-state index in [1.54, 1.807) is 0 Å². The average Bonchev–Trinajstić information content (AvgIpc) is 3.28. The summed E-state index contributed by atoms with van der Waals surface area (Å²) >= 11 is 0. The summed E-state index contributed by atoms with van der Waals surface area (Å²) in [6.45, 7) is 4.45. The Morgan fingerprint density at radius 1 is 0.700 bits per heavy atom. The third-order valence-electron chi connectivity index (χ3n) is 6.05. The Labute approximate surface area is 175 Å². The minimum absolute atomic E-state index is 0.0974. The smallest absolute Gasteiger partial charge is 0.235 e. The zero-order chi connectivity index (χ0) is 20.3. The highest BCUT2D eigenvalue weighted by Crippen LogP contribution is 2.41. The molecular weight excluding hydrogens is 366 g/mol. The van der Waals surface area contributed by atoms with Crippen LogP contribution in [0, 0.1) is 0 Å². The van der Waals surface area contributed by atoms with Gasteiger partial charge in [-0.2, -0.15) is 0 Å². The van der Waals surface area contributed by atoms with Crippen LogP contribution in [0.5, 0.6) is 0 Å². The largest absolute Gasteiger partial charge is 0.278 e. The van der Waals surface area contributed by atoms with Gasteiger partial charge in [0.15, 0.2) is 0 Å². The van der Waals surface area contributed by atoms with E-state index >= 15 is 0 Å². The summed E-state index contributed by atoms with van der Waals surface area (Å²) in [5.41, 5.74) is 6.48. The van der Waals surface area contributed by atoms with Gasteiger partial charge in [0.05, 0.1) is 22.4 Å². The molecule has 3 nitrogen and oxygen atoms in total. The van der Waals surface area contributed by atoms with Crippen LogP contribution in [0.1, 0.15) is 25.1 Å². The number of rotatable bonds is 2. The maximum Gasteiger partial charge on any atom is 0.235 e. The Balaban J connectivity index is 1.73. The van der Waals surface area contributed by atoms with Crippen molar-refractivity contribution in [1.29, 1.82) is 0 Å². The molecule has 1 aliphatic carbocycles. The molecule has 3 heteroatoms. The van der Waals surface area contributed by atoms with E-state index in [1.807, 2.05) is 6.07 Å². The van der Waals surface area contributed by atoms with E-state index in [0.717, 1.165) is 28.0 Å². The Morgan fingerprint density at radius 3 is 1.97 bits per heavy atom. The van der Waals surface area contributed by atoms with Crippen molar-refractivity contribution in [2.75, 3.05) is 0 Å². The second kappa shape index (κ2) is 6.14. The van der Waals surface area contributed by atoms with Crippen LogP contribution in [0.15, 0.2) is 84.9 Å². The summed E-state index contributed by atoms with van der Waals surface area (Å²) in [7, 11) is 0. The molecule has 0 bridgehead atoms. The number of aromatic nitrogens is 3. The lowest BCUT2D eigenvalue weighted by Crippen LogP contribution is -2.16. The fourth-order valence-electron chi connectivity index (χ4n) is 4.64. The summed E-state index contributed by atoms with van der Waals surface area (Å²) in [4.78, 5) is 10.2. The predicted molar refractivity (Wildman–Crippen MR) is 124 cm³/mol. The van der Waals surface area contributed by atoms with Gasteiger partial charge >= 0.3 is 0 Å². The van der Waals surface area contributed by atoms with E-state index in [9.17, 15) is 0 Å². The van der Waals surface area contributed by atoms with Crippen LogP contribution < -0.4 is 0 Å². The molecule has 0 spiro atoms. The Morgan fingerprint density at radius 2 is 1.30 bits per heavy atom. The summed E-state index contributed by atoms with van der Waals surface area (Å²) in [6, 6.07) is 27.4. The van der Waals surface area contributed by atoms with Crippen molar-refractivity contribution in [3.63, 3.8) is 0 Å². The Bertz CT molecular complexity index is 1400. The van der Waals surface area contributed by atoms with E-state index in [-0.39, 0.29) is 5.41 Å². The number of nitrogens with zero attached hydrogens (tertiary/aromatic N) is 3. The van der Waals surface area contributed by atoms with Crippen LogP contribution in [-0.2, 0) is 5.41 Å². The van der Waals surface area contributed by atoms with Gasteiger partial charge in [-0.15, -0.1) is 0 Å². The molecule has 30 heavy (non-hydrogen) atoms. The molecule has 2 heterocycles. The van der Waals surface area contributed by atoms with Gasteiger partial charge in [0.2, 0.25) is 5.95 Å². The molecule has 2 aromatic heterocycles. The molecule has 0 radical (unpaired) electrons. The van der Waals surface area contributed by atoms with E-state index in [1.165, 1.54) is 16.3 Å². The molecule has 0 atom stereocenters. The topological polar surface area (TPSA) is 30.7 Å². The van der Waals surface area contributed by atoms with Gasteiger partial charge in [0, 0.05) is 27.3 Å². The monoisotopic (exact) mass is 387 g/mol. The number of benzene rings is 3. The molecule has 5 aromatic rings. The van der Waals surface area contributed by atoms with Gasteiger partial charge in [0.25, 0.3) is 0 Å². The lowest BCUT2D eigenvalue weighted by molar-refractivity contribution is 0.677. The summed E-state index contributed by atoms with van der Waals surface area (Å²) in [6.07, 6.45) is 4.37. The van der Waals surface area contributed by atoms with E-state index in [0.29, 0.717) is 5.95 Å². The first-order chi connectivity index (χ1) is 14.6. The van der Waals surface area contributed by atoms with Crippen molar-refractivity contribution in [2.24, 2.45) is 0 Å². The van der Waals surface area contributed by atoms with Gasteiger partial charge in [-0.1, -0.05) is 86.7 Å². The fourth-order valence-corrected chi connectivity index (χ4v) is 4.64. The zero-order valence-electron chi connectivity index (χ0n) is 17.0. The van der Waals surface area contributed by atoms with Crippen molar-refractivity contribution >= 4 is 27.9 Å². The van der Waals surface area contributed by atoms with Crippen LogP contribution in [0.2, 0.25) is 0 Å². The van der Waals surface area contributed by atoms with E-state index < -0.39 is 0 Å². The number of para-hydroxylation sites is 2. The first kappa shape index (κ1) is 17.2. The third kappa shape index (κ3) is 2.38. The van der Waals surface area contributed by atoms with E-state index in [4.69, 9.17) is 9.97 Å². The molecule has 0 saturated heterocycles. The predicted octanol–water partition coefficient (Wildman–Crippen LogP) is 6.55. The van der Waals surface area contributed by atoms with Gasteiger partial charge in [-0.3, -0.25) is 4.57 Å². The maximum absolute atomic E-state index is 5.16. The molecule has 0 aliphatic heterocycles. The maximum atomic E-state index is 5.16. The van der Waals surface area contributed by atoms with Crippen LogP contribution in [-0.4, -0.2) is 14.5 Å². The van der Waals surface area contributed by atoms with Crippen LogP contribution in [0.4, 0.5) is 0 Å². The van der Waals surface area contributed by atoms with Crippen molar-refractivity contribution in [1.82, 2.24) is 14.5 Å². The summed E-state index contributed by atoms with van der Waals surface area (Å²) in [5.74, 6) is 0.715. The molecule has 6 rings (SSSR count). The number of hydrogen-bond donors (Lipinski definition) is 0. The average molecular weight is 387 g/mol. The quantitative estimate of drug-likeness (QED) is 0.344. The van der Waals surface area contributed by atoms with Crippen molar-refractivity contribution < 1.29 is 0 Å². The minimum Gasteiger partial charge on any atom is -0.278 e. The first-order valence-electron chi connectivity index (χ1n) is 10.3. The highest BCUT2D eigenvalue weighted by Gasteiger charge is 2.31. The lowest BCUT2D eigenvalue weighted by Gasteiger charge is -2.21. The molecule has 0 amide bonds. The van der Waals surface area contributed by atoms with Gasteiger partial charge in [-0.05, 0) is 18.2 Å². The number of allylic oxidation sites excluding steroid dienone is 1. The van der Waals surface area contributed by atoms with Crippen LogP contribution >= 0.6 is 0 Å². The standard InChI is InChI=1S/C27H21N3/c1-27(2)17-16-21-24(27)25(18-10-4-3-5-11-18)29-26(28-21)30-22-14-8-6-12-19(22)20-13-7-9-15-23(20)30/h3-17H,1-2H3. The highest BCUT2D eigenvalue weighted by atomic mass is 15.2. The molecule has 0 fully saturated rings. The molecule has 3 aromatic carbocycles. The number of hydrogen-bond acceptors (Lipinski definition) is 2. The molecule has 1 aliphatic rings. The van der Waals surface area contributed by atoms with Gasteiger partial charge in [0.1, 0.15) is 0 Å². The summed E-state index contributed by atoms with van der Waals surface area (Å²) in [5, 5.41) is 2.43. The number of fused-ring (bicyclic) bond motifs is 4. The minimum atomic E-state index is -0.0974. The fraction of sp³-hybridized carbons (Fsp3) is 0.111.